The number of hydrogen-bond acceptors (Lipinski definition) is 1. The molecule has 0 aliphatic heterocycles. The third-order valence-electron chi connectivity index (χ3n) is 3.09. The highest BCUT2D eigenvalue weighted by Gasteiger charge is 2.15. The first kappa shape index (κ1) is 11.5. The van der Waals surface area contributed by atoms with Crippen LogP contribution in [0.3, 0.4) is 0 Å². The standard InChI is InChI=1S/C13H23N/c1-5-14(4)13-8-6-7-11(2)9-12(3)10-13/h6-8,12-13H,5,9-10H2,1-4H3. The summed E-state index contributed by atoms with van der Waals surface area (Å²) in [6.45, 7) is 7.93. The number of nitrogens with zero attached hydrogens (tertiary/aromatic N) is 1. The van der Waals surface area contributed by atoms with Crippen LogP contribution in [0, 0.1) is 5.92 Å². The second kappa shape index (κ2) is 5.35. The summed E-state index contributed by atoms with van der Waals surface area (Å²) in [5.74, 6) is 0.801. The van der Waals surface area contributed by atoms with Gasteiger partial charge in [0.2, 0.25) is 0 Å². The summed E-state index contributed by atoms with van der Waals surface area (Å²) in [6, 6.07) is 0.624. The number of rotatable bonds is 2. The van der Waals surface area contributed by atoms with E-state index in [4.69, 9.17) is 0 Å². The fourth-order valence-electron chi connectivity index (χ4n) is 2.10. The van der Waals surface area contributed by atoms with Crippen molar-refractivity contribution < 1.29 is 0 Å². The molecule has 0 bridgehead atoms. The molecular formula is C13H23N. The lowest BCUT2D eigenvalue weighted by Gasteiger charge is -2.28. The largest absolute Gasteiger partial charge is 0.300 e. The normalized spacial score (nSPS) is 28.5. The molecule has 80 valence electrons. The van der Waals surface area contributed by atoms with E-state index in [0.717, 1.165) is 12.5 Å². The number of hydrogen-bond donors (Lipinski definition) is 0. The Morgan fingerprint density at radius 2 is 2.21 bits per heavy atom. The Bertz CT molecular complexity index is 227. The van der Waals surface area contributed by atoms with Crippen LogP contribution in [-0.4, -0.2) is 24.5 Å². The highest BCUT2D eigenvalue weighted by atomic mass is 15.1. The minimum Gasteiger partial charge on any atom is -0.300 e. The number of allylic oxidation sites excluding steroid dienone is 3. The zero-order valence-electron chi connectivity index (χ0n) is 9.96. The van der Waals surface area contributed by atoms with Gasteiger partial charge < -0.3 is 4.90 Å². The second-order valence-corrected chi connectivity index (χ2v) is 4.58. The van der Waals surface area contributed by atoms with Gasteiger partial charge in [0.1, 0.15) is 0 Å². The highest BCUT2D eigenvalue weighted by molar-refractivity contribution is 5.15. The fourth-order valence-corrected chi connectivity index (χ4v) is 2.10. The van der Waals surface area contributed by atoms with Crippen LogP contribution in [-0.2, 0) is 0 Å². The molecule has 0 amide bonds. The van der Waals surface area contributed by atoms with Crippen LogP contribution >= 0.6 is 0 Å². The van der Waals surface area contributed by atoms with Crippen LogP contribution in [0.5, 0.6) is 0 Å². The van der Waals surface area contributed by atoms with Gasteiger partial charge in [-0.3, -0.25) is 0 Å². The first-order valence-corrected chi connectivity index (χ1v) is 5.67. The van der Waals surface area contributed by atoms with Gasteiger partial charge in [0.05, 0.1) is 0 Å². The summed E-state index contributed by atoms with van der Waals surface area (Å²) in [7, 11) is 2.21. The first-order chi connectivity index (χ1) is 6.63. The summed E-state index contributed by atoms with van der Waals surface area (Å²) in [4.78, 5) is 2.42. The molecule has 0 aromatic rings. The fraction of sp³-hybridized carbons (Fsp3) is 0.692. The third kappa shape index (κ3) is 3.30. The van der Waals surface area contributed by atoms with Gasteiger partial charge in [0, 0.05) is 6.04 Å². The van der Waals surface area contributed by atoms with Gasteiger partial charge in [-0.2, -0.15) is 0 Å². The predicted molar refractivity (Wildman–Crippen MR) is 63.4 cm³/mol. The molecule has 1 rings (SSSR count). The number of likely N-dealkylation sites (N-methyl/N-ethyl adjacent to an activating group) is 1. The summed E-state index contributed by atoms with van der Waals surface area (Å²) in [6.07, 6.45) is 9.34. The minimum absolute atomic E-state index is 0.624. The molecule has 0 fully saturated rings. The van der Waals surface area contributed by atoms with Crippen molar-refractivity contribution in [1.82, 2.24) is 4.90 Å². The van der Waals surface area contributed by atoms with E-state index in [1.54, 1.807) is 0 Å². The minimum atomic E-state index is 0.624. The van der Waals surface area contributed by atoms with Crippen LogP contribution in [0.25, 0.3) is 0 Å². The lowest BCUT2D eigenvalue weighted by Crippen LogP contribution is -2.31. The summed E-state index contributed by atoms with van der Waals surface area (Å²) in [5.41, 5.74) is 1.51. The summed E-state index contributed by atoms with van der Waals surface area (Å²) < 4.78 is 0. The smallest absolute Gasteiger partial charge is 0.0280 e. The van der Waals surface area contributed by atoms with Gasteiger partial charge in [0.25, 0.3) is 0 Å². The first-order valence-electron chi connectivity index (χ1n) is 5.67. The van der Waals surface area contributed by atoms with Crippen molar-refractivity contribution in [3.05, 3.63) is 23.8 Å². The topological polar surface area (TPSA) is 3.24 Å². The van der Waals surface area contributed by atoms with Crippen molar-refractivity contribution in [2.75, 3.05) is 13.6 Å². The third-order valence-corrected chi connectivity index (χ3v) is 3.09. The predicted octanol–water partition coefficient (Wildman–Crippen LogP) is 3.24. The Morgan fingerprint density at radius 3 is 2.86 bits per heavy atom. The van der Waals surface area contributed by atoms with Crippen LogP contribution < -0.4 is 0 Å². The molecule has 1 aliphatic carbocycles. The second-order valence-electron chi connectivity index (χ2n) is 4.58. The van der Waals surface area contributed by atoms with Crippen molar-refractivity contribution in [1.29, 1.82) is 0 Å². The quantitative estimate of drug-likeness (QED) is 0.651. The van der Waals surface area contributed by atoms with Crippen LogP contribution in [0.15, 0.2) is 23.8 Å². The molecule has 1 aliphatic rings. The summed E-state index contributed by atoms with van der Waals surface area (Å²) >= 11 is 0. The zero-order valence-corrected chi connectivity index (χ0v) is 9.96. The monoisotopic (exact) mass is 193 g/mol. The van der Waals surface area contributed by atoms with Crippen molar-refractivity contribution in [3.63, 3.8) is 0 Å². The molecule has 0 spiro atoms. The molecule has 2 unspecified atom stereocenters. The Morgan fingerprint density at radius 1 is 1.50 bits per heavy atom. The van der Waals surface area contributed by atoms with E-state index in [0.29, 0.717) is 6.04 Å². The molecule has 0 aromatic heterocycles. The molecule has 0 aromatic carbocycles. The lowest BCUT2D eigenvalue weighted by molar-refractivity contribution is 0.257. The summed E-state index contributed by atoms with van der Waals surface area (Å²) in [5, 5.41) is 0. The zero-order chi connectivity index (χ0) is 10.6. The van der Waals surface area contributed by atoms with E-state index < -0.39 is 0 Å². The highest BCUT2D eigenvalue weighted by Crippen LogP contribution is 2.21. The molecule has 14 heavy (non-hydrogen) atoms. The molecular weight excluding hydrogens is 170 g/mol. The van der Waals surface area contributed by atoms with Crippen LogP contribution in [0.4, 0.5) is 0 Å². The SMILES string of the molecule is CCN(C)C1C=CC=C(C)CC(C)C1. The van der Waals surface area contributed by atoms with Gasteiger partial charge in [-0.1, -0.05) is 37.6 Å². The lowest BCUT2D eigenvalue weighted by atomic mass is 9.92. The van der Waals surface area contributed by atoms with Crippen molar-refractivity contribution in [2.45, 2.75) is 39.7 Å². The Balaban J connectivity index is 2.69. The molecule has 1 heteroatoms. The van der Waals surface area contributed by atoms with E-state index in [1.807, 2.05) is 0 Å². The van der Waals surface area contributed by atoms with Crippen molar-refractivity contribution in [3.8, 4) is 0 Å². The van der Waals surface area contributed by atoms with E-state index >= 15 is 0 Å². The van der Waals surface area contributed by atoms with E-state index in [2.05, 4.69) is 50.9 Å². The van der Waals surface area contributed by atoms with Crippen LogP contribution in [0.2, 0.25) is 0 Å². The average Bonchev–Trinajstić information content (AvgIpc) is 2.12. The maximum atomic E-state index is 2.42. The molecule has 0 saturated heterocycles. The maximum Gasteiger partial charge on any atom is 0.0280 e. The van der Waals surface area contributed by atoms with Crippen molar-refractivity contribution in [2.24, 2.45) is 5.92 Å². The van der Waals surface area contributed by atoms with Crippen molar-refractivity contribution >= 4 is 0 Å². The van der Waals surface area contributed by atoms with Gasteiger partial charge in [-0.25, -0.2) is 0 Å². The van der Waals surface area contributed by atoms with Gasteiger partial charge in [0.15, 0.2) is 0 Å². The maximum absolute atomic E-state index is 2.42. The van der Waals surface area contributed by atoms with Gasteiger partial charge >= 0.3 is 0 Å². The molecule has 0 heterocycles. The van der Waals surface area contributed by atoms with E-state index in [1.165, 1.54) is 18.4 Å². The van der Waals surface area contributed by atoms with Gasteiger partial charge in [-0.15, -0.1) is 0 Å². The molecule has 0 saturated carbocycles. The Kier molecular flexibility index (Phi) is 4.40. The average molecular weight is 193 g/mol. The Labute approximate surface area is 88.5 Å². The molecule has 2 atom stereocenters. The van der Waals surface area contributed by atoms with E-state index in [9.17, 15) is 0 Å². The molecule has 0 radical (unpaired) electrons. The Hall–Kier alpha value is -0.560. The van der Waals surface area contributed by atoms with Crippen LogP contribution in [0.1, 0.15) is 33.6 Å². The van der Waals surface area contributed by atoms with E-state index in [-0.39, 0.29) is 0 Å². The van der Waals surface area contributed by atoms with Gasteiger partial charge in [-0.05, 0) is 39.3 Å². The molecule has 1 nitrogen and oxygen atoms in total. The molecule has 0 N–H and O–H groups in total.